The van der Waals surface area contributed by atoms with Crippen LogP contribution in [0.3, 0.4) is 0 Å². The first kappa shape index (κ1) is 14.2. The predicted molar refractivity (Wildman–Crippen MR) is 80.6 cm³/mol. The minimum absolute atomic E-state index is 0.0822. The Morgan fingerprint density at radius 1 is 1.53 bits per heavy atom. The van der Waals surface area contributed by atoms with E-state index in [9.17, 15) is 4.79 Å². The number of thiazole rings is 1. The van der Waals surface area contributed by atoms with Crippen molar-refractivity contribution >= 4 is 33.7 Å². The van der Waals surface area contributed by atoms with Crippen LogP contribution in [-0.4, -0.2) is 22.8 Å². The third-order valence-electron chi connectivity index (χ3n) is 2.86. The highest BCUT2D eigenvalue weighted by Gasteiger charge is 2.14. The summed E-state index contributed by atoms with van der Waals surface area (Å²) < 4.78 is 0. The summed E-state index contributed by atoms with van der Waals surface area (Å²) in [5.74, 6) is -0.0822. The van der Waals surface area contributed by atoms with Crippen molar-refractivity contribution in [2.45, 2.75) is 26.4 Å². The molecule has 0 fully saturated rings. The molecule has 0 spiro atoms. The van der Waals surface area contributed by atoms with Gasteiger partial charge in [-0.3, -0.25) is 9.69 Å². The molecule has 1 N–H and O–H groups in total. The van der Waals surface area contributed by atoms with Gasteiger partial charge in [-0.2, -0.15) is 0 Å². The van der Waals surface area contributed by atoms with Gasteiger partial charge < -0.3 is 5.32 Å². The van der Waals surface area contributed by atoms with E-state index < -0.39 is 0 Å². The Labute approximate surface area is 121 Å². The molecule has 0 saturated carbocycles. The van der Waals surface area contributed by atoms with Gasteiger partial charge in [-0.15, -0.1) is 22.7 Å². The lowest BCUT2D eigenvalue weighted by Gasteiger charge is -2.22. The van der Waals surface area contributed by atoms with Gasteiger partial charge in [0.2, 0.25) is 5.91 Å². The van der Waals surface area contributed by atoms with Crippen molar-refractivity contribution in [1.82, 2.24) is 9.88 Å². The molecule has 1 amide bonds. The number of anilines is 1. The van der Waals surface area contributed by atoms with Crippen LogP contribution in [0.4, 0.5) is 5.13 Å². The van der Waals surface area contributed by atoms with Crippen LogP contribution in [0.2, 0.25) is 0 Å². The SMILES string of the molecule is CC(=O)Nc1nc(CN(C)C(C)c2cccs2)cs1. The van der Waals surface area contributed by atoms with E-state index in [-0.39, 0.29) is 5.91 Å². The number of carbonyl (C=O) groups is 1. The zero-order chi connectivity index (χ0) is 13.8. The second-order valence-corrected chi connectivity index (χ2v) is 6.27. The van der Waals surface area contributed by atoms with Gasteiger partial charge in [0, 0.05) is 29.8 Å². The quantitative estimate of drug-likeness (QED) is 0.920. The van der Waals surface area contributed by atoms with E-state index in [1.165, 1.54) is 23.1 Å². The van der Waals surface area contributed by atoms with Crippen LogP contribution < -0.4 is 5.32 Å². The van der Waals surface area contributed by atoms with Gasteiger partial charge in [-0.1, -0.05) is 6.07 Å². The van der Waals surface area contributed by atoms with E-state index in [0.717, 1.165) is 12.2 Å². The number of thiophene rings is 1. The van der Waals surface area contributed by atoms with Crippen LogP contribution in [0.15, 0.2) is 22.9 Å². The number of rotatable bonds is 5. The maximum atomic E-state index is 11.0. The molecule has 102 valence electrons. The van der Waals surface area contributed by atoms with Crippen LogP contribution in [0.1, 0.15) is 30.5 Å². The molecule has 0 aliphatic heterocycles. The summed E-state index contributed by atoms with van der Waals surface area (Å²) in [6, 6.07) is 4.59. The molecule has 2 aromatic rings. The molecule has 0 saturated heterocycles. The number of carbonyl (C=O) groups excluding carboxylic acids is 1. The summed E-state index contributed by atoms with van der Waals surface area (Å²) in [7, 11) is 2.09. The first-order valence-corrected chi connectivity index (χ1v) is 7.78. The van der Waals surface area contributed by atoms with Gasteiger partial charge >= 0.3 is 0 Å². The van der Waals surface area contributed by atoms with Crippen molar-refractivity contribution in [3.8, 4) is 0 Å². The molecule has 1 unspecified atom stereocenters. The maximum absolute atomic E-state index is 11.0. The Balaban J connectivity index is 1.96. The molecule has 4 nitrogen and oxygen atoms in total. The summed E-state index contributed by atoms with van der Waals surface area (Å²) in [4.78, 5) is 19.0. The molecule has 2 heterocycles. The van der Waals surface area contributed by atoms with Crippen molar-refractivity contribution < 1.29 is 4.79 Å². The third-order valence-corrected chi connectivity index (χ3v) is 4.71. The van der Waals surface area contributed by atoms with Crippen LogP contribution in [-0.2, 0) is 11.3 Å². The van der Waals surface area contributed by atoms with Gasteiger partial charge in [0.25, 0.3) is 0 Å². The fourth-order valence-corrected chi connectivity index (χ4v) is 3.32. The smallest absolute Gasteiger partial charge is 0.223 e. The van der Waals surface area contributed by atoms with Crippen molar-refractivity contribution in [2.75, 3.05) is 12.4 Å². The number of nitrogens with zero attached hydrogens (tertiary/aromatic N) is 2. The van der Waals surface area contributed by atoms with E-state index >= 15 is 0 Å². The summed E-state index contributed by atoms with van der Waals surface area (Å²) in [5, 5.41) is 7.46. The van der Waals surface area contributed by atoms with Gasteiger partial charge in [-0.25, -0.2) is 4.98 Å². The monoisotopic (exact) mass is 295 g/mol. The minimum atomic E-state index is -0.0822. The number of amides is 1. The first-order chi connectivity index (χ1) is 9.06. The van der Waals surface area contributed by atoms with E-state index in [2.05, 4.69) is 46.7 Å². The molecule has 0 radical (unpaired) electrons. The molecule has 2 aromatic heterocycles. The highest BCUT2D eigenvalue weighted by Crippen LogP contribution is 2.25. The summed E-state index contributed by atoms with van der Waals surface area (Å²) >= 11 is 3.23. The Bertz CT molecular complexity index is 536. The van der Waals surface area contributed by atoms with Crippen LogP contribution in [0.5, 0.6) is 0 Å². The van der Waals surface area contributed by atoms with Gasteiger partial charge in [0.15, 0.2) is 5.13 Å². The molecular weight excluding hydrogens is 278 g/mol. The third kappa shape index (κ3) is 3.86. The lowest BCUT2D eigenvalue weighted by atomic mass is 10.2. The summed E-state index contributed by atoms with van der Waals surface area (Å²) in [5.41, 5.74) is 0.986. The molecule has 1 atom stereocenters. The lowest BCUT2D eigenvalue weighted by Crippen LogP contribution is -2.21. The van der Waals surface area contributed by atoms with Gasteiger partial charge in [0.1, 0.15) is 0 Å². The molecule has 0 bridgehead atoms. The average molecular weight is 295 g/mol. The van der Waals surface area contributed by atoms with Crippen molar-refractivity contribution in [2.24, 2.45) is 0 Å². The van der Waals surface area contributed by atoms with E-state index in [1.807, 2.05) is 5.38 Å². The molecular formula is C13H17N3OS2. The number of hydrogen-bond acceptors (Lipinski definition) is 5. The van der Waals surface area contributed by atoms with Crippen LogP contribution >= 0.6 is 22.7 Å². The zero-order valence-corrected chi connectivity index (χ0v) is 12.8. The first-order valence-electron chi connectivity index (χ1n) is 6.02. The minimum Gasteiger partial charge on any atom is -0.302 e. The topological polar surface area (TPSA) is 45.2 Å². The number of aromatic nitrogens is 1. The second kappa shape index (κ2) is 6.27. The Hall–Kier alpha value is -1.24. The molecule has 19 heavy (non-hydrogen) atoms. The molecule has 0 aliphatic rings. The summed E-state index contributed by atoms with van der Waals surface area (Å²) in [6.45, 7) is 4.45. The lowest BCUT2D eigenvalue weighted by molar-refractivity contribution is -0.114. The highest BCUT2D eigenvalue weighted by atomic mass is 32.1. The van der Waals surface area contributed by atoms with Crippen molar-refractivity contribution in [3.05, 3.63) is 33.5 Å². The van der Waals surface area contributed by atoms with Gasteiger partial charge in [0.05, 0.1) is 5.69 Å². The van der Waals surface area contributed by atoms with E-state index in [1.54, 1.807) is 11.3 Å². The number of hydrogen-bond donors (Lipinski definition) is 1. The van der Waals surface area contributed by atoms with Crippen molar-refractivity contribution in [3.63, 3.8) is 0 Å². The predicted octanol–water partition coefficient (Wildman–Crippen LogP) is 3.36. The number of nitrogens with one attached hydrogen (secondary N) is 1. The average Bonchev–Trinajstić information content (AvgIpc) is 2.98. The summed E-state index contributed by atoms with van der Waals surface area (Å²) in [6.07, 6.45) is 0. The fourth-order valence-electron chi connectivity index (χ4n) is 1.73. The Morgan fingerprint density at radius 3 is 2.95 bits per heavy atom. The normalized spacial score (nSPS) is 12.6. The molecule has 0 aromatic carbocycles. The van der Waals surface area contributed by atoms with Gasteiger partial charge in [-0.05, 0) is 25.4 Å². The standard InChI is InChI=1S/C13H17N3OS2/c1-9(12-5-4-6-18-12)16(3)7-11-8-19-13(15-11)14-10(2)17/h4-6,8-9H,7H2,1-3H3,(H,14,15,17). The van der Waals surface area contributed by atoms with Crippen LogP contribution in [0, 0.1) is 0 Å². The maximum Gasteiger partial charge on any atom is 0.223 e. The van der Waals surface area contributed by atoms with E-state index in [4.69, 9.17) is 0 Å². The van der Waals surface area contributed by atoms with Crippen LogP contribution in [0.25, 0.3) is 0 Å². The Morgan fingerprint density at radius 2 is 2.32 bits per heavy atom. The highest BCUT2D eigenvalue weighted by molar-refractivity contribution is 7.13. The zero-order valence-electron chi connectivity index (χ0n) is 11.2. The molecule has 2 rings (SSSR count). The molecule has 6 heteroatoms. The molecule has 0 aliphatic carbocycles. The van der Waals surface area contributed by atoms with Crippen molar-refractivity contribution in [1.29, 1.82) is 0 Å². The Kier molecular flexibility index (Phi) is 4.68. The fraction of sp³-hybridized carbons (Fsp3) is 0.385. The largest absolute Gasteiger partial charge is 0.302 e. The van der Waals surface area contributed by atoms with E-state index in [0.29, 0.717) is 11.2 Å². The second-order valence-electron chi connectivity index (χ2n) is 4.43.